The van der Waals surface area contributed by atoms with Crippen molar-refractivity contribution >= 4 is 5.91 Å². The zero-order valence-electron chi connectivity index (χ0n) is 11.6. The van der Waals surface area contributed by atoms with Crippen LogP contribution in [-0.2, 0) is 9.53 Å². The van der Waals surface area contributed by atoms with E-state index >= 15 is 0 Å². The molecule has 108 valence electrons. The standard InChI is InChI=1S/C15H19NO4/c1-18-13-3-2-10(11-7-15(17)16-8-11)6-14(13)20-12-4-5-19-9-12/h2-3,6,11-12H,4-5,7-9H2,1H3,(H,16,17)/t11-,12+/m0/s1. The van der Waals surface area contributed by atoms with Gasteiger partial charge in [-0.3, -0.25) is 4.79 Å². The van der Waals surface area contributed by atoms with E-state index in [1.165, 1.54) is 0 Å². The highest BCUT2D eigenvalue weighted by molar-refractivity contribution is 5.79. The Labute approximate surface area is 118 Å². The molecule has 2 aliphatic rings. The molecule has 2 atom stereocenters. The number of nitrogens with one attached hydrogen (secondary N) is 1. The van der Waals surface area contributed by atoms with E-state index in [0.29, 0.717) is 19.6 Å². The zero-order valence-corrected chi connectivity index (χ0v) is 11.6. The lowest BCUT2D eigenvalue weighted by atomic mass is 9.98. The molecule has 1 amide bonds. The van der Waals surface area contributed by atoms with Crippen LogP contribution >= 0.6 is 0 Å². The van der Waals surface area contributed by atoms with E-state index in [2.05, 4.69) is 5.32 Å². The van der Waals surface area contributed by atoms with Crippen molar-refractivity contribution in [2.45, 2.75) is 24.9 Å². The SMILES string of the molecule is COc1ccc([C@@H]2CNC(=O)C2)cc1O[C@@H]1CCOC1. The third kappa shape index (κ3) is 2.72. The van der Waals surface area contributed by atoms with Gasteiger partial charge in [0.25, 0.3) is 0 Å². The van der Waals surface area contributed by atoms with Gasteiger partial charge < -0.3 is 19.5 Å². The van der Waals surface area contributed by atoms with Crippen LogP contribution in [0.4, 0.5) is 0 Å². The average molecular weight is 277 g/mol. The Bertz CT molecular complexity index is 497. The highest BCUT2D eigenvalue weighted by Gasteiger charge is 2.25. The molecule has 5 heteroatoms. The van der Waals surface area contributed by atoms with Crippen molar-refractivity contribution in [3.8, 4) is 11.5 Å². The minimum absolute atomic E-state index is 0.0856. The normalized spacial score (nSPS) is 25.6. The van der Waals surface area contributed by atoms with Gasteiger partial charge in [0.1, 0.15) is 6.10 Å². The van der Waals surface area contributed by atoms with E-state index in [1.54, 1.807) is 7.11 Å². The topological polar surface area (TPSA) is 56.8 Å². The fourth-order valence-electron chi connectivity index (χ4n) is 2.67. The van der Waals surface area contributed by atoms with Gasteiger partial charge in [-0.05, 0) is 17.7 Å². The van der Waals surface area contributed by atoms with E-state index < -0.39 is 0 Å². The van der Waals surface area contributed by atoms with Crippen molar-refractivity contribution in [2.75, 3.05) is 26.9 Å². The molecule has 5 nitrogen and oxygen atoms in total. The summed E-state index contributed by atoms with van der Waals surface area (Å²) in [5.74, 6) is 1.78. The van der Waals surface area contributed by atoms with Gasteiger partial charge in [0.05, 0.1) is 20.3 Å². The van der Waals surface area contributed by atoms with Gasteiger partial charge in [-0.15, -0.1) is 0 Å². The van der Waals surface area contributed by atoms with Gasteiger partial charge >= 0.3 is 0 Å². The van der Waals surface area contributed by atoms with E-state index in [-0.39, 0.29) is 17.9 Å². The zero-order chi connectivity index (χ0) is 13.9. The van der Waals surface area contributed by atoms with Crippen LogP contribution in [0.15, 0.2) is 18.2 Å². The molecule has 0 aliphatic carbocycles. The molecule has 1 aromatic carbocycles. The quantitative estimate of drug-likeness (QED) is 0.905. The summed E-state index contributed by atoms with van der Waals surface area (Å²) in [5.41, 5.74) is 1.11. The summed E-state index contributed by atoms with van der Waals surface area (Å²) >= 11 is 0. The molecular formula is C15H19NO4. The molecule has 2 aliphatic heterocycles. The van der Waals surface area contributed by atoms with Gasteiger partial charge in [-0.2, -0.15) is 0 Å². The van der Waals surface area contributed by atoms with Crippen LogP contribution in [0.1, 0.15) is 24.3 Å². The summed E-state index contributed by atoms with van der Waals surface area (Å²) in [6, 6.07) is 5.90. The summed E-state index contributed by atoms with van der Waals surface area (Å²) in [6.07, 6.45) is 1.53. The number of hydrogen-bond acceptors (Lipinski definition) is 4. The number of hydrogen-bond donors (Lipinski definition) is 1. The first-order chi connectivity index (χ1) is 9.76. The van der Waals surface area contributed by atoms with E-state index in [4.69, 9.17) is 14.2 Å². The fraction of sp³-hybridized carbons (Fsp3) is 0.533. The Morgan fingerprint density at radius 2 is 2.25 bits per heavy atom. The van der Waals surface area contributed by atoms with Crippen LogP contribution in [0.3, 0.4) is 0 Å². The molecular weight excluding hydrogens is 258 g/mol. The lowest BCUT2D eigenvalue weighted by Crippen LogP contribution is -2.16. The first-order valence-electron chi connectivity index (χ1n) is 6.95. The second kappa shape index (κ2) is 5.71. The first kappa shape index (κ1) is 13.2. The lowest BCUT2D eigenvalue weighted by molar-refractivity contribution is -0.119. The molecule has 0 unspecified atom stereocenters. The Balaban J connectivity index is 1.80. The number of carbonyl (C=O) groups excluding carboxylic acids is 1. The molecule has 20 heavy (non-hydrogen) atoms. The third-order valence-corrected chi connectivity index (χ3v) is 3.82. The largest absolute Gasteiger partial charge is 0.493 e. The van der Waals surface area contributed by atoms with Gasteiger partial charge in [0, 0.05) is 25.3 Å². The van der Waals surface area contributed by atoms with Crippen molar-refractivity contribution in [3.63, 3.8) is 0 Å². The number of benzene rings is 1. The molecule has 2 saturated heterocycles. The third-order valence-electron chi connectivity index (χ3n) is 3.82. The number of ether oxygens (including phenoxy) is 3. The van der Waals surface area contributed by atoms with Crippen LogP contribution in [0.2, 0.25) is 0 Å². The minimum Gasteiger partial charge on any atom is -0.493 e. The van der Waals surface area contributed by atoms with Crippen LogP contribution < -0.4 is 14.8 Å². The monoisotopic (exact) mass is 277 g/mol. The Kier molecular flexibility index (Phi) is 3.78. The van der Waals surface area contributed by atoms with Crippen LogP contribution in [0, 0.1) is 0 Å². The minimum atomic E-state index is 0.0856. The van der Waals surface area contributed by atoms with Crippen molar-refractivity contribution < 1.29 is 19.0 Å². The van der Waals surface area contributed by atoms with Crippen LogP contribution in [-0.4, -0.2) is 38.9 Å². The van der Waals surface area contributed by atoms with E-state index in [0.717, 1.165) is 30.1 Å². The summed E-state index contributed by atoms with van der Waals surface area (Å²) < 4.78 is 16.6. The molecule has 3 rings (SSSR count). The Morgan fingerprint density at radius 3 is 2.90 bits per heavy atom. The smallest absolute Gasteiger partial charge is 0.220 e. The molecule has 0 spiro atoms. The van der Waals surface area contributed by atoms with Gasteiger partial charge in [0.2, 0.25) is 5.91 Å². The summed E-state index contributed by atoms with van der Waals surface area (Å²) in [6.45, 7) is 2.06. The molecule has 2 heterocycles. The van der Waals surface area contributed by atoms with Crippen molar-refractivity contribution in [3.05, 3.63) is 23.8 Å². The Hall–Kier alpha value is -1.75. The highest BCUT2D eigenvalue weighted by atomic mass is 16.6. The van der Waals surface area contributed by atoms with Crippen LogP contribution in [0.25, 0.3) is 0 Å². The van der Waals surface area contributed by atoms with Gasteiger partial charge in [-0.1, -0.05) is 6.07 Å². The van der Waals surface area contributed by atoms with Crippen molar-refractivity contribution in [1.29, 1.82) is 0 Å². The maximum absolute atomic E-state index is 11.3. The van der Waals surface area contributed by atoms with Gasteiger partial charge in [-0.25, -0.2) is 0 Å². The Morgan fingerprint density at radius 1 is 1.35 bits per heavy atom. The summed E-state index contributed by atoms with van der Waals surface area (Å²) in [7, 11) is 1.63. The van der Waals surface area contributed by atoms with Crippen molar-refractivity contribution in [1.82, 2.24) is 5.32 Å². The second-order valence-corrected chi connectivity index (χ2v) is 5.22. The average Bonchev–Trinajstić information content (AvgIpc) is 3.10. The molecule has 0 radical (unpaired) electrons. The lowest BCUT2D eigenvalue weighted by Gasteiger charge is -2.17. The number of carbonyl (C=O) groups is 1. The molecule has 1 aromatic rings. The number of methoxy groups -OCH3 is 1. The maximum Gasteiger partial charge on any atom is 0.220 e. The molecule has 2 fully saturated rings. The molecule has 0 bridgehead atoms. The predicted molar refractivity (Wildman–Crippen MR) is 73.2 cm³/mol. The van der Waals surface area contributed by atoms with E-state index in [9.17, 15) is 4.79 Å². The maximum atomic E-state index is 11.3. The van der Waals surface area contributed by atoms with Gasteiger partial charge in [0.15, 0.2) is 11.5 Å². The summed E-state index contributed by atoms with van der Waals surface area (Å²) in [5, 5.41) is 2.86. The molecule has 1 N–H and O–H groups in total. The summed E-state index contributed by atoms with van der Waals surface area (Å²) in [4.78, 5) is 11.3. The fourth-order valence-corrected chi connectivity index (χ4v) is 2.67. The van der Waals surface area contributed by atoms with E-state index in [1.807, 2.05) is 18.2 Å². The molecule has 0 saturated carbocycles. The number of amides is 1. The number of rotatable bonds is 4. The second-order valence-electron chi connectivity index (χ2n) is 5.22. The predicted octanol–water partition coefficient (Wildman–Crippen LogP) is 1.47. The van der Waals surface area contributed by atoms with Crippen molar-refractivity contribution in [2.24, 2.45) is 0 Å². The molecule has 0 aromatic heterocycles. The first-order valence-corrected chi connectivity index (χ1v) is 6.95. The highest BCUT2D eigenvalue weighted by Crippen LogP contribution is 2.34. The van der Waals surface area contributed by atoms with Crippen LogP contribution in [0.5, 0.6) is 11.5 Å².